The molecule has 0 saturated carbocycles. The molecule has 0 bridgehead atoms. The minimum absolute atomic E-state index is 0.00650. The second-order valence-corrected chi connectivity index (χ2v) is 6.65. The van der Waals surface area contributed by atoms with E-state index in [9.17, 15) is 13.2 Å². The highest BCUT2D eigenvalue weighted by atomic mass is 35.5. The lowest BCUT2D eigenvalue weighted by Crippen LogP contribution is -2.25. The van der Waals surface area contributed by atoms with Gasteiger partial charge in [-0.1, -0.05) is 29.8 Å². The Labute approximate surface area is 132 Å². The number of carbonyl (C=O) groups excluding carboxylic acids is 1. The Hall–Kier alpha value is -2.25. The predicted octanol–water partition coefficient (Wildman–Crippen LogP) is 2.47. The zero-order valence-corrected chi connectivity index (χ0v) is 12.7. The maximum atomic E-state index is 12.4. The minimum atomic E-state index is -3.87. The molecule has 2 N–H and O–H groups in total. The predicted molar refractivity (Wildman–Crippen MR) is 82.8 cm³/mol. The third-order valence-corrected chi connectivity index (χ3v) is 4.83. The van der Waals surface area contributed by atoms with Crippen molar-refractivity contribution in [2.45, 2.75) is 4.90 Å². The molecule has 6 nitrogen and oxygen atoms in total. The molecule has 0 radical (unpaired) electrons. The van der Waals surface area contributed by atoms with Gasteiger partial charge in [-0.2, -0.15) is 0 Å². The quantitative estimate of drug-likeness (QED) is 0.900. The molecule has 0 spiro atoms. The highest BCUT2D eigenvalue weighted by Crippen LogP contribution is 2.36. The van der Waals surface area contributed by atoms with Crippen molar-refractivity contribution in [2.24, 2.45) is 0 Å². The van der Waals surface area contributed by atoms with Crippen LogP contribution in [-0.4, -0.2) is 20.9 Å². The van der Waals surface area contributed by atoms with Crippen molar-refractivity contribution in [2.75, 3.05) is 16.6 Å². The first-order valence-corrected chi connectivity index (χ1v) is 8.16. The number of hydrogen-bond acceptors (Lipinski definition) is 4. The van der Waals surface area contributed by atoms with Crippen molar-refractivity contribution < 1.29 is 17.9 Å². The first-order valence-electron chi connectivity index (χ1n) is 6.30. The van der Waals surface area contributed by atoms with Gasteiger partial charge in [0.15, 0.2) is 6.61 Å². The van der Waals surface area contributed by atoms with Gasteiger partial charge in [0.05, 0.1) is 10.7 Å². The average molecular weight is 339 g/mol. The van der Waals surface area contributed by atoms with Crippen molar-refractivity contribution in [1.82, 2.24) is 0 Å². The number of halogens is 1. The van der Waals surface area contributed by atoms with Crippen molar-refractivity contribution in [3.63, 3.8) is 0 Å². The van der Waals surface area contributed by atoms with Crippen LogP contribution in [0.15, 0.2) is 47.4 Å². The topological polar surface area (TPSA) is 84.5 Å². The second kappa shape index (κ2) is 5.51. The fraction of sp³-hybridized carbons (Fsp3) is 0.0714. The van der Waals surface area contributed by atoms with E-state index in [0.717, 1.165) is 0 Å². The molecule has 2 aromatic rings. The van der Waals surface area contributed by atoms with Crippen LogP contribution in [0.4, 0.5) is 11.4 Å². The van der Waals surface area contributed by atoms with E-state index in [0.29, 0.717) is 11.4 Å². The normalized spacial score (nSPS) is 13.8. The SMILES string of the molecule is O=C1COc2cc(S(=O)(=O)Nc3ccccc3)c(Cl)cc2N1. The molecule has 1 heterocycles. The van der Waals surface area contributed by atoms with Gasteiger partial charge in [0.2, 0.25) is 0 Å². The molecule has 0 atom stereocenters. The van der Waals surface area contributed by atoms with E-state index in [-0.39, 0.29) is 28.2 Å². The Morgan fingerprint density at radius 2 is 1.91 bits per heavy atom. The lowest BCUT2D eigenvalue weighted by molar-refractivity contribution is -0.118. The number of amides is 1. The Kier molecular flexibility index (Phi) is 3.67. The van der Waals surface area contributed by atoms with Gasteiger partial charge in [-0.05, 0) is 18.2 Å². The standard InChI is InChI=1S/C14H11ClN2O4S/c15-10-6-11-12(21-8-14(18)16-11)7-13(10)22(19,20)17-9-4-2-1-3-5-9/h1-7,17H,8H2,(H,16,18). The summed E-state index contributed by atoms with van der Waals surface area (Å²) in [5, 5.41) is 2.56. The summed E-state index contributed by atoms with van der Waals surface area (Å²) in [6.45, 7) is -0.166. The Balaban J connectivity index is 1.99. The molecular formula is C14H11ClN2O4S. The molecule has 114 valence electrons. The number of hydrogen-bond donors (Lipinski definition) is 2. The van der Waals surface area contributed by atoms with Crippen molar-refractivity contribution in [3.8, 4) is 5.75 Å². The summed E-state index contributed by atoms with van der Waals surface area (Å²) in [6.07, 6.45) is 0. The Morgan fingerprint density at radius 1 is 1.18 bits per heavy atom. The van der Waals surface area contributed by atoms with Crippen LogP contribution >= 0.6 is 11.6 Å². The third-order valence-electron chi connectivity index (χ3n) is 2.98. The van der Waals surface area contributed by atoms with E-state index in [1.807, 2.05) is 0 Å². The van der Waals surface area contributed by atoms with E-state index in [4.69, 9.17) is 16.3 Å². The molecule has 0 fully saturated rings. The van der Waals surface area contributed by atoms with E-state index in [1.54, 1.807) is 30.3 Å². The first kappa shape index (κ1) is 14.7. The molecule has 1 amide bonds. The number of carbonyl (C=O) groups is 1. The summed E-state index contributed by atoms with van der Waals surface area (Å²) in [4.78, 5) is 11.1. The number of nitrogens with one attached hydrogen (secondary N) is 2. The van der Waals surface area contributed by atoms with Crippen LogP contribution in [0, 0.1) is 0 Å². The van der Waals surface area contributed by atoms with Gasteiger partial charge in [0.25, 0.3) is 15.9 Å². The van der Waals surface area contributed by atoms with Gasteiger partial charge in [-0.15, -0.1) is 0 Å². The second-order valence-electron chi connectivity index (χ2n) is 4.59. The van der Waals surface area contributed by atoms with Crippen molar-refractivity contribution in [1.29, 1.82) is 0 Å². The van der Waals surface area contributed by atoms with Crippen LogP contribution in [0.1, 0.15) is 0 Å². The highest BCUT2D eigenvalue weighted by molar-refractivity contribution is 7.92. The summed E-state index contributed by atoms with van der Waals surface area (Å²) in [7, 11) is -3.87. The van der Waals surface area contributed by atoms with Crippen molar-refractivity contribution in [3.05, 3.63) is 47.5 Å². The summed E-state index contributed by atoms with van der Waals surface area (Å²) in [5.41, 5.74) is 0.769. The zero-order chi connectivity index (χ0) is 15.7. The summed E-state index contributed by atoms with van der Waals surface area (Å²) >= 11 is 6.03. The lowest BCUT2D eigenvalue weighted by Gasteiger charge is -2.19. The molecule has 1 aliphatic heterocycles. The Bertz CT molecular complexity index is 837. The number of rotatable bonds is 3. The largest absolute Gasteiger partial charge is 0.482 e. The van der Waals surface area contributed by atoms with E-state index < -0.39 is 10.0 Å². The summed E-state index contributed by atoms with van der Waals surface area (Å²) in [6, 6.07) is 11.1. The van der Waals surface area contributed by atoms with Crippen LogP contribution in [0.2, 0.25) is 5.02 Å². The zero-order valence-electron chi connectivity index (χ0n) is 11.2. The number of para-hydroxylation sites is 1. The number of benzene rings is 2. The van der Waals surface area contributed by atoms with Gasteiger partial charge in [0, 0.05) is 11.8 Å². The highest BCUT2D eigenvalue weighted by Gasteiger charge is 2.24. The average Bonchev–Trinajstić information content (AvgIpc) is 2.46. The van der Waals surface area contributed by atoms with E-state index in [1.165, 1.54) is 12.1 Å². The smallest absolute Gasteiger partial charge is 0.263 e. The van der Waals surface area contributed by atoms with Crippen LogP contribution in [0.3, 0.4) is 0 Å². The van der Waals surface area contributed by atoms with Gasteiger partial charge >= 0.3 is 0 Å². The first-order chi connectivity index (χ1) is 10.5. The fourth-order valence-electron chi connectivity index (χ4n) is 2.00. The fourth-order valence-corrected chi connectivity index (χ4v) is 3.61. The molecule has 1 aliphatic rings. The number of ether oxygens (including phenoxy) is 1. The maximum absolute atomic E-state index is 12.4. The van der Waals surface area contributed by atoms with Gasteiger partial charge < -0.3 is 10.1 Å². The van der Waals surface area contributed by atoms with Crippen LogP contribution < -0.4 is 14.8 Å². The molecule has 0 saturated heterocycles. The Morgan fingerprint density at radius 3 is 2.64 bits per heavy atom. The maximum Gasteiger partial charge on any atom is 0.263 e. The van der Waals surface area contributed by atoms with E-state index in [2.05, 4.69) is 10.0 Å². The van der Waals surface area contributed by atoms with Gasteiger partial charge in [0.1, 0.15) is 10.6 Å². The third kappa shape index (κ3) is 2.86. The van der Waals surface area contributed by atoms with Gasteiger partial charge in [-0.25, -0.2) is 8.42 Å². The monoisotopic (exact) mass is 338 g/mol. The number of fused-ring (bicyclic) bond motifs is 1. The van der Waals surface area contributed by atoms with Crippen LogP contribution in [0.25, 0.3) is 0 Å². The van der Waals surface area contributed by atoms with Crippen LogP contribution in [-0.2, 0) is 14.8 Å². The molecule has 3 rings (SSSR count). The molecule has 0 aliphatic carbocycles. The molecular weight excluding hydrogens is 328 g/mol. The summed E-state index contributed by atoms with van der Waals surface area (Å²) < 4.78 is 32.5. The van der Waals surface area contributed by atoms with Gasteiger partial charge in [-0.3, -0.25) is 9.52 Å². The van der Waals surface area contributed by atoms with E-state index >= 15 is 0 Å². The van der Waals surface area contributed by atoms with Crippen molar-refractivity contribution >= 4 is 38.9 Å². The van der Waals surface area contributed by atoms with Crippen LogP contribution in [0.5, 0.6) is 5.75 Å². The molecule has 0 aromatic heterocycles. The summed E-state index contributed by atoms with van der Waals surface area (Å²) in [5.74, 6) is -0.0565. The lowest BCUT2D eigenvalue weighted by atomic mass is 10.2. The molecule has 8 heteroatoms. The number of anilines is 2. The number of sulfonamides is 1. The molecule has 2 aromatic carbocycles. The molecule has 22 heavy (non-hydrogen) atoms. The molecule has 0 unspecified atom stereocenters. The minimum Gasteiger partial charge on any atom is -0.482 e.